The van der Waals surface area contributed by atoms with Crippen molar-refractivity contribution in [1.82, 2.24) is 9.71 Å². The van der Waals surface area contributed by atoms with Gasteiger partial charge < -0.3 is 11.1 Å². The third-order valence-electron chi connectivity index (χ3n) is 3.61. The Morgan fingerprint density at radius 2 is 1.97 bits per heavy atom. The number of rotatable bonds is 11. The molecule has 1 aromatic carbocycles. The third-order valence-corrected chi connectivity index (χ3v) is 8.20. The average molecular weight is 475 g/mol. The second-order valence-electron chi connectivity index (χ2n) is 5.90. The van der Waals surface area contributed by atoms with E-state index in [0.717, 1.165) is 4.21 Å². The molecule has 29 heavy (non-hydrogen) atoms. The minimum absolute atomic E-state index is 0.0946. The monoisotopic (exact) mass is 474 g/mol. The van der Waals surface area contributed by atoms with E-state index in [1.807, 2.05) is 6.26 Å². The summed E-state index contributed by atoms with van der Waals surface area (Å²) in [5, 5.41) is 3.02. The summed E-state index contributed by atoms with van der Waals surface area (Å²) in [4.78, 5) is 28.1. The maximum Gasteiger partial charge on any atom is 0.244 e. The summed E-state index contributed by atoms with van der Waals surface area (Å²) < 4.78 is 28.5. The summed E-state index contributed by atoms with van der Waals surface area (Å²) in [5.41, 5.74) is 5.83. The van der Waals surface area contributed by atoms with E-state index in [2.05, 4.69) is 15.0 Å². The minimum Gasteiger partial charge on any atom is -0.369 e. The first-order chi connectivity index (χ1) is 13.7. The van der Waals surface area contributed by atoms with Crippen LogP contribution >= 0.6 is 34.9 Å². The predicted octanol–water partition coefficient (Wildman–Crippen LogP) is 2.07. The molecule has 158 valence electrons. The molecule has 1 heterocycles. The molecular weight excluding hydrogens is 452 g/mol. The maximum atomic E-state index is 12.8. The summed E-state index contributed by atoms with van der Waals surface area (Å²) in [5.74, 6) is -0.213. The van der Waals surface area contributed by atoms with Crippen LogP contribution in [0.15, 0.2) is 39.4 Å². The van der Waals surface area contributed by atoms with Crippen molar-refractivity contribution in [1.29, 1.82) is 0 Å². The average Bonchev–Trinajstić information content (AvgIpc) is 3.03. The highest BCUT2D eigenvalue weighted by Gasteiger charge is 2.26. The van der Waals surface area contributed by atoms with Gasteiger partial charge in [0.25, 0.3) is 0 Å². The van der Waals surface area contributed by atoms with Crippen LogP contribution in [0.4, 0.5) is 5.13 Å². The van der Waals surface area contributed by atoms with Crippen LogP contribution in [-0.4, -0.2) is 49.0 Å². The first kappa shape index (κ1) is 23.7. The van der Waals surface area contributed by atoms with Gasteiger partial charge in [0, 0.05) is 0 Å². The molecule has 0 spiro atoms. The largest absolute Gasteiger partial charge is 0.369 e. The molecule has 0 bridgehead atoms. The number of aryl methyl sites for hydroxylation is 1. The molecule has 1 aromatic heterocycles. The molecule has 0 aliphatic rings. The van der Waals surface area contributed by atoms with Crippen molar-refractivity contribution < 1.29 is 18.0 Å². The normalized spacial score (nSPS) is 12.5. The van der Waals surface area contributed by atoms with Crippen LogP contribution in [-0.2, 0) is 19.6 Å². The summed E-state index contributed by atoms with van der Waals surface area (Å²) in [6.07, 6.45) is 2.21. The third kappa shape index (κ3) is 7.30. The number of amides is 2. The van der Waals surface area contributed by atoms with Crippen molar-refractivity contribution in [3.05, 3.63) is 36.0 Å². The topological polar surface area (TPSA) is 131 Å². The number of hydrogen-bond acceptors (Lipinski definition) is 8. The first-order valence-electron chi connectivity index (χ1n) is 8.48. The van der Waals surface area contributed by atoms with E-state index in [9.17, 15) is 18.0 Å². The number of thiazole rings is 1. The van der Waals surface area contributed by atoms with E-state index in [4.69, 9.17) is 5.73 Å². The van der Waals surface area contributed by atoms with Crippen molar-refractivity contribution >= 4 is 61.8 Å². The number of nitrogens with one attached hydrogen (secondary N) is 2. The number of carbonyl (C=O) groups excluding carboxylic acids is 2. The quantitative estimate of drug-likeness (QED) is 0.425. The van der Waals surface area contributed by atoms with Gasteiger partial charge in [-0.3, -0.25) is 9.59 Å². The van der Waals surface area contributed by atoms with Crippen LogP contribution < -0.4 is 15.8 Å². The molecule has 8 nitrogen and oxygen atoms in total. The molecule has 0 aliphatic carbocycles. The highest BCUT2D eigenvalue weighted by molar-refractivity contribution is 8.01. The van der Waals surface area contributed by atoms with E-state index in [0.29, 0.717) is 23.0 Å². The fraction of sp³-hybridized carbons (Fsp3) is 0.353. The number of aromatic nitrogens is 1. The number of thioether (sulfide) groups is 2. The van der Waals surface area contributed by atoms with Gasteiger partial charge >= 0.3 is 0 Å². The van der Waals surface area contributed by atoms with Crippen molar-refractivity contribution in [2.24, 2.45) is 5.73 Å². The van der Waals surface area contributed by atoms with E-state index in [-0.39, 0.29) is 10.6 Å². The van der Waals surface area contributed by atoms with Gasteiger partial charge in [0.05, 0.1) is 20.6 Å². The minimum atomic E-state index is -3.84. The smallest absolute Gasteiger partial charge is 0.244 e. The molecule has 0 saturated heterocycles. The Morgan fingerprint density at radius 3 is 2.59 bits per heavy atom. The standard InChI is InChI=1S/C17H22N4O4S4/c1-11-16(27-10-14(18)22)28-17(19-11)20-15(23)13(8-9-26-2)21-29(24,25)12-6-4-3-5-7-12/h3-7,13,21H,8-10H2,1-2H3,(H2,18,22)(H,19,20,23). The number of benzene rings is 1. The molecular formula is C17H22N4O4S4. The molecule has 2 rings (SSSR count). The van der Waals surface area contributed by atoms with Gasteiger partial charge in [0.2, 0.25) is 21.8 Å². The predicted molar refractivity (Wildman–Crippen MR) is 119 cm³/mol. The van der Waals surface area contributed by atoms with Crippen LogP contribution in [0.2, 0.25) is 0 Å². The van der Waals surface area contributed by atoms with Gasteiger partial charge in [-0.05, 0) is 37.5 Å². The molecule has 4 N–H and O–H groups in total. The van der Waals surface area contributed by atoms with Crippen molar-refractivity contribution in [3.8, 4) is 0 Å². The Balaban J connectivity index is 2.13. The van der Waals surface area contributed by atoms with Gasteiger partial charge in [0.15, 0.2) is 5.13 Å². The number of nitrogens with zero attached hydrogens (tertiary/aromatic N) is 1. The van der Waals surface area contributed by atoms with Crippen molar-refractivity contribution in [3.63, 3.8) is 0 Å². The van der Waals surface area contributed by atoms with Crippen LogP contribution in [0.1, 0.15) is 12.1 Å². The Bertz CT molecular complexity index is 948. The van der Waals surface area contributed by atoms with E-state index >= 15 is 0 Å². The van der Waals surface area contributed by atoms with Gasteiger partial charge in [-0.2, -0.15) is 16.5 Å². The van der Waals surface area contributed by atoms with E-state index in [1.165, 1.54) is 47.0 Å². The molecule has 0 fully saturated rings. The fourth-order valence-electron chi connectivity index (χ4n) is 2.23. The zero-order chi connectivity index (χ0) is 21.4. The lowest BCUT2D eigenvalue weighted by Gasteiger charge is -2.17. The summed E-state index contributed by atoms with van der Waals surface area (Å²) >= 11 is 3.98. The first-order valence-corrected chi connectivity index (χ1v) is 13.2. The molecule has 2 amide bonds. The number of sulfonamides is 1. The van der Waals surface area contributed by atoms with Crippen molar-refractivity contribution in [2.75, 3.05) is 23.1 Å². The number of primary amides is 1. The Labute approximate surface area is 182 Å². The molecule has 1 atom stereocenters. The van der Waals surface area contributed by atoms with E-state index in [1.54, 1.807) is 25.1 Å². The van der Waals surface area contributed by atoms with Crippen LogP contribution in [0.5, 0.6) is 0 Å². The molecule has 1 unspecified atom stereocenters. The van der Waals surface area contributed by atoms with E-state index < -0.39 is 27.9 Å². The molecule has 2 aromatic rings. The lowest BCUT2D eigenvalue weighted by molar-refractivity contribution is -0.118. The summed E-state index contributed by atoms with van der Waals surface area (Å²) in [6, 6.07) is 6.95. The second kappa shape index (κ2) is 11.0. The maximum absolute atomic E-state index is 12.8. The SMILES string of the molecule is CSCCC(NS(=O)(=O)c1ccccc1)C(=O)Nc1nc(C)c(SCC(N)=O)s1. The van der Waals surface area contributed by atoms with Gasteiger partial charge in [-0.25, -0.2) is 13.4 Å². The van der Waals surface area contributed by atoms with Gasteiger partial charge in [0.1, 0.15) is 6.04 Å². The van der Waals surface area contributed by atoms with Crippen LogP contribution in [0.25, 0.3) is 0 Å². The number of carbonyl (C=O) groups is 2. The van der Waals surface area contributed by atoms with Crippen molar-refractivity contribution in [2.45, 2.75) is 28.5 Å². The Kier molecular flexibility index (Phi) is 8.96. The van der Waals surface area contributed by atoms with Gasteiger partial charge in [-0.15, -0.1) is 11.8 Å². The second-order valence-corrected chi connectivity index (χ2v) is 10.8. The molecule has 12 heteroatoms. The fourth-order valence-corrected chi connectivity index (χ4v) is 5.84. The Morgan fingerprint density at radius 1 is 1.28 bits per heavy atom. The lowest BCUT2D eigenvalue weighted by Crippen LogP contribution is -2.44. The molecule has 0 aliphatic heterocycles. The van der Waals surface area contributed by atoms with Crippen LogP contribution in [0, 0.1) is 6.92 Å². The summed E-state index contributed by atoms with van der Waals surface area (Å²) in [7, 11) is -3.84. The van der Waals surface area contributed by atoms with Crippen LogP contribution in [0.3, 0.4) is 0 Å². The molecule has 0 radical (unpaired) electrons. The molecule has 0 saturated carbocycles. The number of hydrogen-bond donors (Lipinski definition) is 3. The summed E-state index contributed by atoms with van der Waals surface area (Å²) in [6.45, 7) is 1.76. The lowest BCUT2D eigenvalue weighted by atomic mass is 10.2. The number of anilines is 1. The highest BCUT2D eigenvalue weighted by Crippen LogP contribution is 2.32. The number of nitrogens with two attached hydrogens (primary N) is 1. The zero-order valence-electron chi connectivity index (χ0n) is 15.9. The highest BCUT2D eigenvalue weighted by atomic mass is 32.2. The van der Waals surface area contributed by atoms with Gasteiger partial charge in [-0.1, -0.05) is 29.5 Å². The Hall–Kier alpha value is -1.60. The zero-order valence-corrected chi connectivity index (χ0v) is 19.1.